The standard InChI is InChI=1S/C14H12BrNO3/c1-9-7-13(8-10(2)14(9)15)19-12-5-3-11(4-6-12)16(17)18/h3-8H,1-2H3. The Hall–Kier alpha value is -1.88. The molecular weight excluding hydrogens is 310 g/mol. The molecule has 0 aromatic heterocycles. The Kier molecular flexibility index (Phi) is 3.85. The van der Waals surface area contributed by atoms with Gasteiger partial charge in [0.2, 0.25) is 0 Å². The summed E-state index contributed by atoms with van der Waals surface area (Å²) < 4.78 is 6.75. The van der Waals surface area contributed by atoms with E-state index < -0.39 is 4.92 Å². The van der Waals surface area contributed by atoms with Crippen LogP contribution in [-0.4, -0.2) is 4.92 Å². The number of hydrogen-bond donors (Lipinski definition) is 0. The molecule has 0 saturated heterocycles. The topological polar surface area (TPSA) is 52.4 Å². The van der Waals surface area contributed by atoms with Gasteiger partial charge in [0.25, 0.3) is 5.69 Å². The van der Waals surface area contributed by atoms with E-state index in [0.29, 0.717) is 11.5 Å². The maximum Gasteiger partial charge on any atom is 0.269 e. The van der Waals surface area contributed by atoms with Crippen LogP contribution in [0.4, 0.5) is 5.69 Å². The summed E-state index contributed by atoms with van der Waals surface area (Å²) in [6, 6.07) is 9.86. The molecule has 0 radical (unpaired) electrons. The third-order valence-electron chi connectivity index (χ3n) is 2.69. The van der Waals surface area contributed by atoms with Crippen molar-refractivity contribution in [1.82, 2.24) is 0 Å². The van der Waals surface area contributed by atoms with Crippen molar-refractivity contribution in [3.05, 3.63) is 62.1 Å². The lowest BCUT2D eigenvalue weighted by atomic mass is 10.1. The number of aryl methyl sites for hydroxylation is 2. The molecule has 19 heavy (non-hydrogen) atoms. The molecule has 0 heterocycles. The second-order valence-electron chi connectivity index (χ2n) is 4.22. The van der Waals surface area contributed by atoms with Crippen LogP contribution in [0.25, 0.3) is 0 Å². The lowest BCUT2D eigenvalue weighted by Gasteiger charge is -2.09. The van der Waals surface area contributed by atoms with Crippen molar-refractivity contribution in [2.75, 3.05) is 0 Å². The molecule has 2 rings (SSSR count). The molecule has 0 unspecified atom stereocenters. The Morgan fingerprint density at radius 1 is 1.05 bits per heavy atom. The van der Waals surface area contributed by atoms with E-state index in [1.54, 1.807) is 12.1 Å². The van der Waals surface area contributed by atoms with Gasteiger partial charge in [0, 0.05) is 16.6 Å². The summed E-state index contributed by atoms with van der Waals surface area (Å²) in [5, 5.41) is 10.6. The van der Waals surface area contributed by atoms with Gasteiger partial charge in [-0.05, 0) is 49.2 Å². The summed E-state index contributed by atoms with van der Waals surface area (Å²) in [4.78, 5) is 10.1. The molecule has 0 bridgehead atoms. The molecule has 2 aromatic rings. The van der Waals surface area contributed by atoms with Gasteiger partial charge in [0.05, 0.1) is 4.92 Å². The largest absolute Gasteiger partial charge is 0.457 e. The highest BCUT2D eigenvalue weighted by Crippen LogP contribution is 2.30. The predicted molar refractivity (Wildman–Crippen MR) is 76.8 cm³/mol. The summed E-state index contributed by atoms with van der Waals surface area (Å²) in [5.74, 6) is 1.29. The minimum absolute atomic E-state index is 0.0514. The van der Waals surface area contributed by atoms with E-state index in [1.807, 2.05) is 26.0 Å². The number of benzene rings is 2. The van der Waals surface area contributed by atoms with E-state index in [2.05, 4.69) is 15.9 Å². The smallest absolute Gasteiger partial charge is 0.269 e. The third kappa shape index (κ3) is 3.12. The Balaban J connectivity index is 2.24. The molecule has 5 heteroatoms. The van der Waals surface area contributed by atoms with E-state index in [4.69, 9.17) is 4.74 Å². The van der Waals surface area contributed by atoms with E-state index >= 15 is 0 Å². The van der Waals surface area contributed by atoms with Crippen LogP contribution >= 0.6 is 15.9 Å². The molecule has 0 aliphatic rings. The lowest BCUT2D eigenvalue weighted by molar-refractivity contribution is -0.384. The molecule has 0 N–H and O–H groups in total. The Morgan fingerprint density at radius 2 is 1.58 bits per heavy atom. The molecule has 0 aliphatic heterocycles. The van der Waals surface area contributed by atoms with Crippen LogP contribution in [0.5, 0.6) is 11.5 Å². The fourth-order valence-electron chi connectivity index (χ4n) is 1.74. The summed E-state index contributed by atoms with van der Waals surface area (Å²) in [7, 11) is 0. The van der Waals surface area contributed by atoms with Crippen LogP contribution < -0.4 is 4.74 Å². The van der Waals surface area contributed by atoms with E-state index in [-0.39, 0.29) is 5.69 Å². The first-order chi connectivity index (χ1) is 8.97. The van der Waals surface area contributed by atoms with Crippen molar-refractivity contribution in [2.45, 2.75) is 13.8 Å². The van der Waals surface area contributed by atoms with Crippen LogP contribution in [0.3, 0.4) is 0 Å². The zero-order valence-electron chi connectivity index (χ0n) is 10.5. The zero-order chi connectivity index (χ0) is 14.0. The normalized spacial score (nSPS) is 10.3. The number of rotatable bonds is 3. The van der Waals surface area contributed by atoms with Crippen molar-refractivity contribution in [2.24, 2.45) is 0 Å². The van der Waals surface area contributed by atoms with Crippen molar-refractivity contribution < 1.29 is 9.66 Å². The minimum Gasteiger partial charge on any atom is -0.457 e. The highest BCUT2D eigenvalue weighted by atomic mass is 79.9. The fourth-order valence-corrected chi connectivity index (χ4v) is 1.97. The molecule has 0 saturated carbocycles. The molecular formula is C14H12BrNO3. The van der Waals surface area contributed by atoms with Gasteiger partial charge < -0.3 is 4.74 Å². The number of nitro benzene ring substituents is 1. The first-order valence-electron chi connectivity index (χ1n) is 5.66. The van der Waals surface area contributed by atoms with Gasteiger partial charge in [-0.2, -0.15) is 0 Å². The van der Waals surface area contributed by atoms with Gasteiger partial charge in [0.15, 0.2) is 0 Å². The quantitative estimate of drug-likeness (QED) is 0.604. The van der Waals surface area contributed by atoms with Gasteiger partial charge >= 0.3 is 0 Å². The first-order valence-corrected chi connectivity index (χ1v) is 6.46. The number of halogens is 1. The Bertz CT molecular complexity index is 600. The SMILES string of the molecule is Cc1cc(Oc2ccc([N+](=O)[O-])cc2)cc(C)c1Br. The molecule has 4 nitrogen and oxygen atoms in total. The van der Waals surface area contributed by atoms with Crippen LogP contribution in [0.2, 0.25) is 0 Å². The zero-order valence-corrected chi connectivity index (χ0v) is 12.1. The molecule has 0 spiro atoms. The van der Waals surface area contributed by atoms with Crippen molar-refractivity contribution in [3.63, 3.8) is 0 Å². The number of hydrogen-bond acceptors (Lipinski definition) is 3. The molecule has 0 atom stereocenters. The summed E-state index contributed by atoms with van der Waals surface area (Å²) >= 11 is 3.49. The Labute approximate surface area is 119 Å². The minimum atomic E-state index is -0.433. The van der Waals surface area contributed by atoms with E-state index in [1.165, 1.54) is 12.1 Å². The highest BCUT2D eigenvalue weighted by Gasteiger charge is 2.07. The monoisotopic (exact) mass is 321 g/mol. The second kappa shape index (κ2) is 5.40. The van der Waals surface area contributed by atoms with Crippen LogP contribution in [0, 0.1) is 24.0 Å². The first kappa shape index (κ1) is 13.5. The van der Waals surface area contributed by atoms with Gasteiger partial charge in [-0.25, -0.2) is 0 Å². The summed E-state index contributed by atoms with van der Waals surface area (Å²) in [6.45, 7) is 3.97. The van der Waals surface area contributed by atoms with Crippen LogP contribution in [0.1, 0.15) is 11.1 Å². The van der Waals surface area contributed by atoms with Crippen molar-refractivity contribution >= 4 is 21.6 Å². The van der Waals surface area contributed by atoms with Gasteiger partial charge in [-0.3, -0.25) is 10.1 Å². The summed E-state index contributed by atoms with van der Waals surface area (Å²) in [6.07, 6.45) is 0. The maximum atomic E-state index is 10.6. The molecule has 98 valence electrons. The summed E-state index contributed by atoms with van der Waals surface area (Å²) in [5.41, 5.74) is 2.21. The molecule has 0 fully saturated rings. The number of ether oxygens (including phenoxy) is 1. The average Bonchev–Trinajstić information content (AvgIpc) is 2.36. The fraction of sp³-hybridized carbons (Fsp3) is 0.143. The van der Waals surface area contributed by atoms with Gasteiger partial charge in [-0.15, -0.1) is 0 Å². The Morgan fingerprint density at radius 3 is 2.05 bits per heavy atom. The van der Waals surface area contributed by atoms with E-state index in [9.17, 15) is 10.1 Å². The van der Waals surface area contributed by atoms with Crippen LogP contribution in [0.15, 0.2) is 40.9 Å². The lowest BCUT2D eigenvalue weighted by Crippen LogP contribution is -1.90. The predicted octanol–water partition coefficient (Wildman–Crippen LogP) is 4.77. The van der Waals surface area contributed by atoms with Crippen molar-refractivity contribution in [1.29, 1.82) is 0 Å². The molecule has 0 amide bonds. The average molecular weight is 322 g/mol. The van der Waals surface area contributed by atoms with Gasteiger partial charge in [-0.1, -0.05) is 15.9 Å². The maximum absolute atomic E-state index is 10.6. The van der Waals surface area contributed by atoms with E-state index in [0.717, 1.165) is 15.6 Å². The molecule has 0 aliphatic carbocycles. The number of nitro groups is 1. The highest BCUT2D eigenvalue weighted by molar-refractivity contribution is 9.10. The third-order valence-corrected chi connectivity index (χ3v) is 3.94. The van der Waals surface area contributed by atoms with Crippen LogP contribution in [-0.2, 0) is 0 Å². The second-order valence-corrected chi connectivity index (χ2v) is 5.02. The number of non-ortho nitro benzene ring substituents is 1. The molecule has 2 aromatic carbocycles. The van der Waals surface area contributed by atoms with Crippen molar-refractivity contribution in [3.8, 4) is 11.5 Å². The number of nitrogens with zero attached hydrogens (tertiary/aromatic N) is 1. The van der Waals surface area contributed by atoms with Gasteiger partial charge in [0.1, 0.15) is 11.5 Å².